The summed E-state index contributed by atoms with van der Waals surface area (Å²) in [5, 5.41) is 1.22. The molecule has 0 bridgehead atoms. The summed E-state index contributed by atoms with van der Waals surface area (Å²) in [5.41, 5.74) is 5.58. The summed E-state index contributed by atoms with van der Waals surface area (Å²) < 4.78 is 0. The third-order valence-corrected chi connectivity index (χ3v) is 6.27. The second-order valence-electron chi connectivity index (χ2n) is 8.51. The summed E-state index contributed by atoms with van der Waals surface area (Å²) in [6.07, 6.45) is 7.51. The van der Waals surface area contributed by atoms with E-state index in [1.807, 2.05) is 35.4 Å². The Labute approximate surface area is 193 Å². The lowest BCUT2D eigenvalue weighted by molar-refractivity contribution is -0.131. The molecule has 1 amide bonds. The molecule has 7 heteroatoms. The van der Waals surface area contributed by atoms with Crippen LogP contribution in [0.3, 0.4) is 0 Å². The zero-order chi connectivity index (χ0) is 22.6. The molecule has 33 heavy (non-hydrogen) atoms. The maximum absolute atomic E-state index is 12.9. The van der Waals surface area contributed by atoms with E-state index in [2.05, 4.69) is 50.0 Å². The van der Waals surface area contributed by atoms with Gasteiger partial charge >= 0.3 is 0 Å². The van der Waals surface area contributed by atoms with Gasteiger partial charge in [0, 0.05) is 62.1 Å². The lowest BCUT2D eigenvalue weighted by Crippen LogP contribution is -2.49. The number of pyridine rings is 1. The van der Waals surface area contributed by atoms with E-state index in [9.17, 15) is 4.79 Å². The summed E-state index contributed by atoms with van der Waals surface area (Å²) >= 11 is 0. The van der Waals surface area contributed by atoms with Crippen molar-refractivity contribution in [3.05, 3.63) is 72.2 Å². The minimum atomic E-state index is 0.221. The highest BCUT2D eigenvalue weighted by atomic mass is 16.2. The van der Waals surface area contributed by atoms with Crippen molar-refractivity contribution in [2.75, 3.05) is 31.1 Å². The molecule has 0 unspecified atom stereocenters. The number of hydrogen-bond acceptors (Lipinski definition) is 5. The summed E-state index contributed by atoms with van der Waals surface area (Å²) in [4.78, 5) is 33.8. The van der Waals surface area contributed by atoms with Crippen LogP contribution in [0.2, 0.25) is 0 Å². The van der Waals surface area contributed by atoms with Gasteiger partial charge in [0.1, 0.15) is 0 Å². The van der Waals surface area contributed by atoms with Gasteiger partial charge in [-0.15, -0.1) is 0 Å². The normalized spacial score (nSPS) is 14.1. The zero-order valence-corrected chi connectivity index (χ0v) is 18.9. The number of benzene rings is 1. The average molecular weight is 441 g/mol. The van der Waals surface area contributed by atoms with E-state index in [0.29, 0.717) is 19.5 Å². The number of hydrogen-bond donors (Lipinski definition) is 1. The Morgan fingerprint density at radius 3 is 2.52 bits per heavy atom. The Morgan fingerprint density at radius 2 is 1.76 bits per heavy atom. The molecule has 4 heterocycles. The molecule has 1 saturated heterocycles. The molecule has 168 valence electrons. The molecule has 7 nitrogen and oxygen atoms in total. The fourth-order valence-electron chi connectivity index (χ4n) is 4.54. The minimum Gasteiger partial charge on any atom is -0.353 e. The number of aromatic amines is 1. The van der Waals surface area contributed by atoms with Crippen LogP contribution in [0.4, 0.5) is 5.95 Å². The van der Waals surface area contributed by atoms with Crippen LogP contribution in [-0.4, -0.2) is 56.9 Å². The number of fused-ring (bicyclic) bond motifs is 1. The standard InChI is InChI=1S/C26H28N6O/c1-19-9-10-22-21(18-19)20(25(30-22)23-7-2-3-11-27-23)6-4-8-24(33)31-14-16-32(17-15-31)26-28-12-5-13-29-26/h2-3,5,7,9-13,18,30H,4,6,8,14-17H2,1H3. The fourth-order valence-corrected chi connectivity index (χ4v) is 4.54. The number of nitrogens with one attached hydrogen (secondary N) is 1. The van der Waals surface area contributed by atoms with Crippen molar-refractivity contribution >= 4 is 22.8 Å². The Morgan fingerprint density at radius 1 is 0.970 bits per heavy atom. The lowest BCUT2D eigenvalue weighted by atomic mass is 10.0. The van der Waals surface area contributed by atoms with Crippen molar-refractivity contribution in [2.45, 2.75) is 26.2 Å². The van der Waals surface area contributed by atoms with Gasteiger partial charge in [-0.3, -0.25) is 9.78 Å². The largest absolute Gasteiger partial charge is 0.353 e. The maximum Gasteiger partial charge on any atom is 0.225 e. The maximum atomic E-state index is 12.9. The van der Waals surface area contributed by atoms with Crippen LogP contribution in [0.15, 0.2) is 61.1 Å². The number of aryl methyl sites for hydroxylation is 2. The van der Waals surface area contributed by atoms with Crippen LogP contribution in [0.25, 0.3) is 22.3 Å². The fraction of sp³-hybridized carbons (Fsp3) is 0.308. The van der Waals surface area contributed by atoms with Gasteiger partial charge in [-0.2, -0.15) is 0 Å². The van der Waals surface area contributed by atoms with Crippen molar-refractivity contribution in [1.82, 2.24) is 24.8 Å². The van der Waals surface area contributed by atoms with E-state index in [-0.39, 0.29) is 5.91 Å². The molecule has 4 aromatic rings. The third-order valence-electron chi connectivity index (χ3n) is 6.27. The van der Waals surface area contributed by atoms with Crippen molar-refractivity contribution in [3.8, 4) is 11.4 Å². The quantitative estimate of drug-likeness (QED) is 0.490. The van der Waals surface area contributed by atoms with E-state index < -0.39 is 0 Å². The van der Waals surface area contributed by atoms with Crippen molar-refractivity contribution in [3.63, 3.8) is 0 Å². The van der Waals surface area contributed by atoms with E-state index in [1.54, 1.807) is 12.4 Å². The van der Waals surface area contributed by atoms with Crippen molar-refractivity contribution < 1.29 is 4.79 Å². The number of H-pyrrole nitrogens is 1. The predicted octanol–water partition coefficient (Wildman–Crippen LogP) is 4.00. The smallest absolute Gasteiger partial charge is 0.225 e. The summed E-state index contributed by atoms with van der Waals surface area (Å²) in [6.45, 7) is 5.06. The molecule has 0 spiro atoms. The summed E-state index contributed by atoms with van der Waals surface area (Å²) in [5.74, 6) is 0.959. The third kappa shape index (κ3) is 4.58. The highest BCUT2D eigenvalue weighted by Gasteiger charge is 2.22. The molecule has 0 atom stereocenters. The monoisotopic (exact) mass is 440 g/mol. The Bertz CT molecular complexity index is 1230. The van der Waals surface area contributed by atoms with Crippen molar-refractivity contribution in [1.29, 1.82) is 0 Å². The van der Waals surface area contributed by atoms with Gasteiger partial charge in [-0.1, -0.05) is 17.7 Å². The first-order valence-electron chi connectivity index (χ1n) is 11.5. The first kappa shape index (κ1) is 21.1. The van der Waals surface area contributed by atoms with E-state index in [0.717, 1.165) is 48.8 Å². The molecule has 1 aliphatic rings. The minimum absolute atomic E-state index is 0.221. The SMILES string of the molecule is Cc1ccc2[nH]c(-c3ccccn3)c(CCCC(=O)N3CCN(c4ncccn4)CC3)c2c1. The Balaban J connectivity index is 1.24. The summed E-state index contributed by atoms with van der Waals surface area (Å²) in [6, 6.07) is 14.3. The molecule has 1 N–H and O–H groups in total. The van der Waals surface area contributed by atoms with Gasteiger partial charge in [0.15, 0.2) is 0 Å². The number of nitrogens with zero attached hydrogens (tertiary/aromatic N) is 5. The number of amides is 1. The van der Waals surface area contributed by atoms with Gasteiger partial charge in [0.05, 0.1) is 11.4 Å². The Hall–Kier alpha value is -3.74. The lowest BCUT2D eigenvalue weighted by Gasteiger charge is -2.34. The highest BCUT2D eigenvalue weighted by molar-refractivity contribution is 5.90. The number of aromatic nitrogens is 4. The first-order chi connectivity index (χ1) is 16.2. The van der Waals surface area contributed by atoms with Crippen LogP contribution in [0.5, 0.6) is 0 Å². The van der Waals surface area contributed by atoms with Gasteiger partial charge in [-0.05, 0) is 55.7 Å². The molecule has 1 fully saturated rings. The van der Waals surface area contributed by atoms with Crippen LogP contribution in [0, 0.1) is 6.92 Å². The Kier molecular flexibility index (Phi) is 6.02. The van der Waals surface area contributed by atoms with Crippen LogP contribution >= 0.6 is 0 Å². The van der Waals surface area contributed by atoms with Gasteiger partial charge in [0.25, 0.3) is 0 Å². The topological polar surface area (TPSA) is 78.0 Å². The molecule has 5 rings (SSSR count). The molecule has 3 aromatic heterocycles. The molecule has 1 aliphatic heterocycles. The van der Waals surface area contributed by atoms with E-state index in [4.69, 9.17) is 0 Å². The van der Waals surface area contributed by atoms with Crippen LogP contribution < -0.4 is 4.90 Å². The number of rotatable bonds is 6. The molecule has 0 aliphatic carbocycles. The second-order valence-corrected chi connectivity index (χ2v) is 8.51. The van der Waals surface area contributed by atoms with Gasteiger partial charge in [-0.25, -0.2) is 9.97 Å². The molecule has 0 saturated carbocycles. The number of carbonyl (C=O) groups excluding carboxylic acids is 1. The molecule has 0 radical (unpaired) electrons. The van der Waals surface area contributed by atoms with Crippen LogP contribution in [0.1, 0.15) is 24.0 Å². The number of carbonyl (C=O) groups is 1. The summed E-state index contributed by atoms with van der Waals surface area (Å²) in [7, 11) is 0. The predicted molar refractivity (Wildman–Crippen MR) is 130 cm³/mol. The van der Waals surface area contributed by atoms with Crippen LogP contribution in [-0.2, 0) is 11.2 Å². The second kappa shape index (κ2) is 9.40. The number of anilines is 1. The molecule has 1 aromatic carbocycles. The molecular formula is C26H28N6O. The highest BCUT2D eigenvalue weighted by Crippen LogP contribution is 2.31. The van der Waals surface area contributed by atoms with E-state index in [1.165, 1.54) is 16.5 Å². The average Bonchev–Trinajstić information content (AvgIpc) is 3.23. The molecular weight excluding hydrogens is 412 g/mol. The van der Waals surface area contributed by atoms with Gasteiger partial charge < -0.3 is 14.8 Å². The zero-order valence-electron chi connectivity index (χ0n) is 18.9. The van der Waals surface area contributed by atoms with Gasteiger partial charge in [0.2, 0.25) is 11.9 Å². The number of piperazine rings is 1. The first-order valence-corrected chi connectivity index (χ1v) is 11.5. The van der Waals surface area contributed by atoms with E-state index >= 15 is 0 Å². The van der Waals surface area contributed by atoms with Crippen molar-refractivity contribution in [2.24, 2.45) is 0 Å².